The van der Waals surface area contributed by atoms with Gasteiger partial charge >= 0.3 is 0 Å². The largest absolute Gasteiger partial charge is 0.442 e. The van der Waals surface area contributed by atoms with Gasteiger partial charge in [-0.25, -0.2) is 4.98 Å². The number of thiophene rings is 1. The molecule has 1 N–H and O–H groups in total. The Bertz CT molecular complexity index is 763. The average molecular weight is 312 g/mol. The number of aryl methyl sites for hydroxylation is 1. The fraction of sp³-hybridized carbons (Fsp3) is 0.176. The van der Waals surface area contributed by atoms with Crippen molar-refractivity contribution in [3.63, 3.8) is 0 Å². The second kappa shape index (κ2) is 6.58. The van der Waals surface area contributed by atoms with Crippen molar-refractivity contribution in [3.05, 3.63) is 65.0 Å². The molecule has 2 aromatic heterocycles. The Balaban J connectivity index is 1.62. The van der Waals surface area contributed by atoms with E-state index in [-0.39, 0.29) is 5.91 Å². The van der Waals surface area contributed by atoms with Crippen LogP contribution in [0.15, 0.2) is 52.6 Å². The van der Waals surface area contributed by atoms with E-state index in [4.69, 9.17) is 4.42 Å². The van der Waals surface area contributed by atoms with Crippen LogP contribution in [0.4, 0.5) is 0 Å². The van der Waals surface area contributed by atoms with Crippen LogP contribution >= 0.6 is 11.3 Å². The summed E-state index contributed by atoms with van der Waals surface area (Å²) in [5.74, 6) is 0.327. The van der Waals surface area contributed by atoms with Gasteiger partial charge in [0.25, 0.3) is 5.91 Å². The van der Waals surface area contributed by atoms with Crippen molar-refractivity contribution in [2.45, 2.75) is 13.3 Å². The Morgan fingerprint density at radius 3 is 3.00 bits per heavy atom. The van der Waals surface area contributed by atoms with Gasteiger partial charge in [-0.2, -0.15) is 0 Å². The smallest absolute Gasteiger partial charge is 0.273 e. The average Bonchev–Trinajstić information content (AvgIpc) is 3.18. The van der Waals surface area contributed by atoms with Crippen molar-refractivity contribution >= 4 is 17.2 Å². The molecule has 22 heavy (non-hydrogen) atoms. The van der Waals surface area contributed by atoms with Crippen molar-refractivity contribution in [1.82, 2.24) is 10.3 Å². The minimum atomic E-state index is -0.204. The van der Waals surface area contributed by atoms with Gasteiger partial charge in [0.2, 0.25) is 0 Å². The highest BCUT2D eigenvalue weighted by Crippen LogP contribution is 2.27. The molecule has 0 saturated heterocycles. The molecule has 0 fully saturated rings. The van der Waals surface area contributed by atoms with Crippen molar-refractivity contribution in [3.8, 4) is 10.6 Å². The van der Waals surface area contributed by atoms with Gasteiger partial charge in [0.05, 0.1) is 4.88 Å². The van der Waals surface area contributed by atoms with Gasteiger partial charge in [-0.3, -0.25) is 4.79 Å². The number of hydrogen-bond acceptors (Lipinski definition) is 4. The lowest BCUT2D eigenvalue weighted by Crippen LogP contribution is -2.26. The quantitative estimate of drug-likeness (QED) is 0.782. The molecule has 0 aliphatic heterocycles. The van der Waals surface area contributed by atoms with Crippen LogP contribution in [-0.4, -0.2) is 17.4 Å². The van der Waals surface area contributed by atoms with Crippen molar-refractivity contribution in [2.75, 3.05) is 6.54 Å². The number of nitrogens with one attached hydrogen (secondary N) is 1. The van der Waals surface area contributed by atoms with Crippen LogP contribution in [-0.2, 0) is 6.42 Å². The van der Waals surface area contributed by atoms with Crippen LogP contribution in [0, 0.1) is 6.92 Å². The number of carbonyl (C=O) groups excluding carboxylic acids is 1. The number of aromatic nitrogens is 1. The minimum Gasteiger partial charge on any atom is -0.442 e. The monoisotopic (exact) mass is 312 g/mol. The van der Waals surface area contributed by atoms with Gasteiger partial charge < -0.3 is 9.73 Å². The maximum atomic E-state index is 12.2. The SMILES string of the molecule is Cc1cccc(CCNC(=O)c2ncoc2-c2cccs2)c1. The second-order valence-corrected chi connectivity index (χ2v) is 5.95. The highest BCUT2D eigenvalue weighted by atomic mass is 32.1. The molecule has 0 aliphatic rings. The zero-order chi connectivity index (χ0) is 15.4. The predicted octanol–water partition coefficient (Wildman–Crippen LogP) is 3.68. The van der Waals surface area contributed by atoms with E-state index in [1.54, 1.807) is 0 Å². The summed E-state index contributed by atoms with van der Waals surface area (Å²) in [5, 5.41) is 4.84. The van der Waals surface area contributed by atoms with Gasteiger partial charge in [-0.15, -0.1) is 11.3 Å². The molecule has 4 nitrogen and oxygen atoms in total. The van der Waals surface area contributed by atoms with E-state index in [0.717, 1.165) is 11.3 Å². The molecule has 0 spiro atoms. The van der Waals surface area contributed by atoms with Crippen LogP contribution in [0.3, 0.4) is 0 Å². The Labute approximate surface area is 132 Å². The molecule has 2 heterocycles. The first kappa shape index (κ1) is 14.5. The van der Waals surface area contributed by atoms with E-state index in [1.165, 1.54) is 28.9 Å². The van der Waals surface area contributed by atoms with Crippen LogP contribution < -0.4 is 5.32 Å². The standard InChI is InChI=1S/C17H16N2O2S/c1-12-4-2-5-13(10-12)7-8-18-17(20)15-16(21-11-19-15)14-6-3-9-22-14/h2-6,9-11H,7-8H2,1H3,(H,18,20). The van der Waals surface area contributed by atoms with Gasteiger partial charge in [-0.1, -0.05) is 35.9 Å². The molecule has 0 atom stereocenters. The van der Waals surface area contributed by atoms with E-state index in [0.29, 0.717) is 18.0 Å². The van der Waals surface area contributed by atoms with Gasteiger partial charge in [-0.05, 0) is 30.4 Å². The summed E-state index contributed by atoms with van der Waals surface area (Å²) in [6.45, 7) is 2.63. The van der Waals surface area contributed by atoms with Crippen LogP contribution in [0.2, 0.25) is 0 Å². The third kappa shape index (κ3) is 3.26. The summed E-state index contributed by atoms with van der Waals surface area (Å²) in [7, 11) is 0. The van der Waals surface area contributed by atoms with Gasteiger partial charge in [0.1, 0.15) is 0 Å². The summed E-state index contributed by atoms with van der Waals surface area (Å²) in [6.07, 6.45) is 2.10. The predicted molar refractivity (Wildman–Crippen MR) is 87.0 cm³/mol. The zero-order valence-electron chi connectivity index (χ0n) is 12.2. The van der Waals surface area contributed by atoms with E-state index in [9.17, 15) is 4.79 Å². The van der Waals surface area contributed by atoms with Crippen molar-refractivity contribution in [1.29, 1.82) is 0 Å². The van der Waals surface area contributed by atoms with Crippen LogP contribution in [0.5, 0.6) is 0 Å². The Hall–Kier alpha value is -2.40. The normalized spacial score (nSPS) is 10.6. The molecule has 1 aromatic carbocycles. The number of hydrogen-bond donors (Lipinski definition) is 1. The summed E-state index contributed by atoms with van der Waals surface area (Å²) >= 11 is 1.52. The third-order valence-corrected chi connectivity index (χ3v) is 4.18. The number of carbonyl (C=O) groups is 1. The molecule has 0 radical (unpaired) electrons. The molecule has 0 aliphatic carbocycles. The van der Waals surface area contributed by atoms with Crippen LogP contribution in [0.1, 0.15) is 21.6 Å². The number of oxazole rings is 1. The highest BCUT2D eigenvalue weighted by molar-refractivity contribution is 7.13. The van der Waals surface area contributed by atoms with Crippen LogP contribution in [0.25, 0.3) is 10.6 Å². The maximum Gasteiger partial charge on any atom is 0.273 e. The number of nitrogens with zero attached hydrogens (tertiary/aromatic N) is 1. The third-order valence-electron chi connectivity index (χ3n) is 3.31. The Morgan fingerprint density at radius 1 is 1.32 bits per heavy atom. The second-order valence-electron chi connectivity index (χ2n) is 5.00. The molecular formula is C17H16N2O2S. The topological polar surface area (TPSA) is 55.1 Å². The Morgan fingerprint density at radius 2 is 2.23 bits per heavy atom. The number of rotatable bonds is 5. The van der Waals surface area contributed by atoms with E-state index < -0.39 is 0 Å². The number of amides is 1. The lowest BCUT2D eigenvalue weighted by atomic mass is 10.1. The molecule has 3 aromatic rings. The Kier molecular flexibility index (Phi) is 4.34. The van der Waals surface area contributed by atoms with E-state index >= 15 is 0 Å². The van der Waals surface area contributed by atoms with E-state index in [1.807, 2.05) is 23.6 Å². The first-order chi connectivity index (χ1) is 10.7. The molecule has 0 bridgehead atoms. The zero-order valence-corrected chi connectivity index (χ0v) is 13.0. The number of benzene rings is 1. The lowest BCUT2D eigenvalue weighted by Gasteiger charge is -2.05. The molecule has 112 valence electrons. The fourth-order valence-electron chi connectivity index (χ4n) is 2.26. The molecule has 5 heteroatoms. The molecular weight excluding hydrogens is 296 g/mol. The first-order valence-corrected chi connectivity index (χ1v) is 7.93. The van der Waals surface area contributed by atoms with Gasteiger partial charge in [0, 0.05) is 6.54 Å². The van der Waals surface area contributed by atoms with Crippen molar-refractivity contribution in [2.24, 2.45) is 0 Å². The first-order valence-electron chi connectivity index (χ1n) is 7.05. The van der Waals surface area contributed by atoms with Crippen molar-refractivity contribution < 1.29 is 9.21 Å². The lowest BCUT2D eigenvalue weighted by molar-refractivity contribution is 0.0950. The summed E-state index contributed by atoms with van der Waals surface area (Å²) in [5.41, 5.74) is 2.77. The molecule has 3 rings (SSSR count). The summed E-state index contributed by atoms with van der Waals surface area (Å²) in [4.78, 5) is 17.2. The minimum absolute atomic E-state index is 0.204. The van der Waals surface area contributed by atoms with E-state index in [2.05, 4.69) is 35.4 Å². The highest BCUT2D eigenvalue weighted by Gasteiger charge is 2.18. The maximum absolute atomic E-state index is 12.2. The summed E-state index contributed by atoms with van der Waals surface area (Å²) in [6, 6.07) is 12.1. The molecule has 0 unspecified atom stereocenters. The fourth-order valence-corrected chi connectivity index (χ4v) is 2.97. The molecule has 0 saturated carbocycles. The van der Waals surface area contributed by atoms with Gasteiger partial charge in [0.15, 0.2) is 17.8 Å². The summed E-state index contributed by atoms with van der Waals surface area (Å²) < 4.78 is 5.35. The molecule has 1 amide bonds.